The van der Waals surface area contributed by atoms with Gasteiger partial charge in [0, 0.05) is 5.56 Å². The summed E-state index contributed by atoms with van der Waals surface area (Å²) >= 11 is 0. The Labute approximate surface area is 164 Å². The lowest BCUT2D eigenvalue weighted by molar-refractivity contribution is 0.309. The average Bonchev–Trinajstić information content (AvgIpc) is 3.17. The topological polar surface area (TPSA) is 61.7 Å². The molecular weight excluding hydrogens is 346 g/mol. The van der Waals surface area contributed by atoms with Crippen molar-refractivity contribution in [3.63, 3.8) is 0 Å². The molecule has 4 rings (SSSR count). The molecule has 0 saturated carbocycles. The fraction of sp³-hybridized carbons (Fsp3) is 0.167. The molecule has 3 aromatic carbocycles. The monoisotopic (exact) mass is 367 g/mol. The van der Waals surface area contributed by atoms with Gasteiger partial charge in [0.25, 0.3) is 0 Å². The molecule has 1 heterocycles. The normalized spacial score (nSPS) is 11.6. The van der Waals surface area contributed by atoms with Gasteiger partial charge in [0.05, 0.1) is 23.2 Å². The first-order valence-corrected chi connectivity index (χ1v) is 9.51. The molecule has 0 aliphatic rings. The number of aromatic amines is 1. The number of hydrogen-bond donors (Lipinski definition) is 1. The Bertz CT molecular complexity index is 1160. The van der Waals surface area contributed by atoms with Gasteiger partial charge >= 0.3 is 0 Å². The van der Waals surface area contributed by atoms with E-state index in [4.69, 9.17) is 4.74 Å². The van der Waals surface area contributed by atoms with E-state index in [1.165, 1.54) is 0 Å². The van der Waals surface area contributed by atoms with Crippen molar-refractivity contribution in [2.45, 2.75) is 19.8 Å². The van der Waals surface area contributed by atoms with E-state index in [0.717, 1.165) is 46.0 Å². The molecule has 4 heteroatoms. The maximum Gasteiger partial charge on any atom is 0.149 e. The molecule has 4 aromatic rings. The Kier molecular flexibility index (Phi) is 5.07. The van der Waals surface area contributed by atoms with Gasteiger partial charge in [-0.15, -0.1) is 0 Å². The zero-order chi connectivity index (χ0) is 19.3. The number of imidazole rings is 1. The average molecular weight is 367 g/mol. The summed E-state index contributed by atoms with van der Waals surface area (Å²) in [5.41, 5.74) is 3.14. The third-order valence-corrected chi connectivity index (χ3v) is 4.74. The molecule has 138 valence electrons. The Morgan fingerprint density at radius 2 is 1.93 bits per heavy atom. The summed E-state index contributed by atoms with van der Waals surface area (Å²) in [6, 6.07) is 22.3. The smallest absolute Gasteiger partial charge is 0.149 e. The van der Waals surface area contributed by atoms with E-state index in [-0.39, 0.29) is 0 Å². The van der Waals surface area contributed by atoms with Crippen LogP contribution >= 0.6 is 0 Å². The second-order valence-electron chi connectivity index (χ2n) is 6.67. The number of aromatic nitrogens is 2. The Balaban J connectivity index is 1.85. The maximum atomic E-state index is 9.82. The van der Waals surface area contributed by atoms with E-state index in [0.29, 0.717) is 18.0 Å². The fourth-order valence-electron chi connectivity index (χ4n) is 3.26. The molecule has 0 spiro atoms. The van der Waals surface area contributed by atoms with Gasteiger partial charge in [-0.25, -0.2) is 4.98 Å². The second-order valence-corrected chi connectivity index (χ2v) is 6.67. The predicted octanol–water partition coefficient (Wildman–Crippen LogP) is 5.96. The number of allylic oxidation sites excluding steroid dienone is 1. The zero-order valence-corrected chi connectivity index (χ0v) is 15.8. The fourth-order valence-corrected chi connectivity index (χ4v) is 3.26. The third-order valence-electron chi connectivity index (χ3n) is 4.74. The minimum atomic E-state index is 0.480. The van der Waals surface area contributed by atoms with Crippen LogP contribution in [0.25, 0.3) is 33.5 Å². The summed E-state index contributed by atoms with van der Waals surface area (Å²) < 4.78 is 6.04. The van der Waals surface area contributed by atoms with Crippen LogP contribution < -0.4 is 4.74 Å². The summed E-state index contributed by atoms with van der Waals surface area (Å²) in [6.07, 6.45) is 3.94. The van der Waals surface area contributed by atoms with E-state index in [9.17, 15) is 5.26 Å². The lowest BCUT2D eigenvalue weighted by atomic mass is 10.0. The molecule has 0 aliphatic carbocycles. The van der Waals surface area contributed by atoms with Crippen LogP contribution in [-0.4, -0.2) is 16.6 Å². The quantitative estimate of drug-likeness (QED) is 0.338. The lowest BCUT2D eigenvalue weighted by Gasteiger charge is -2.12. The number of nitrogens with zero attached hydrogens (tertiary/aromatic N) is 2. The van der Waals surface area contributed by atoms with Crippen molar-refractivity contribution >= 4 is 33.5 Å². The van der Waals surface area contributed by atoms with E-state index in [2.05, 4.69) is 41.2 Å². The number of H-pyrrole nitrogens is 1. The van der Waals surface area contributed by atoms with Gasteiger partial charge < -0.3 is 9.72 Å². The van der Waals surface area contributed by atoms with Gasteiger partial charge in [0.15, 0.2) is 0 Å². The van der Waals surface area contributed by atoms with E-state index in [1.807, 2.05) is 48.5 Å². The van der Waals surface area contributed by atoms with Crippen LogP contribution in [0.5, 0.6) is 5.75 Å². The van der Waals surface area contributed by atoms with Gasteiger partial charge in [-0.2, -0.15) is 5.26 Å². The number of hydrogen-bond acceptors (Lipinski definition) is 3. The molecule has 1 N–H and O–H groups in total. The molecular formula is C24H21N3O. The van der Waals surface area contributed by atoms with Crippen LogP contribution in [-0.2, 0) is 0 Å². The van der Waals surface area contributed by atoms with Gasteiger partial charge in [-0.1, -0.05) is 55.8 Å². The Hall–Kier alpha value is -3.58. The molecule has 4 nitrogen and oxygen atoms in total. The summed E-state index contributed by atoms with van der Waals surface area (Å²) in [5.74, 6) is 1.35. The molecule has 28 heavy (non-hydrogen) atoms. The minimum absolute atomic E-state index is 0.480. The first kappa shape index (κ1) is 17.8. The number of benzene rings is 3. The van der Waals surface area contributed by atoms with Crippen LogP contribution in [0.3, 0.4) is 0 Å². The number of nitriles is 1. The largest absolute Gasteiger partial charge is 0.493 e. The summed E-state index contributed by atoms with van der Waals surface area (Å²) in [6.45, 7) is 2.79. The van der Waals surface area contributed by atoms with Crippen molar-refractivity contribution in [2.24, 2.45) is 0 Å². The first-order valence-electron chi connectivity index (χ1n) is 9.51. The van der Waals surface area contributed by atoms with Crippen molar-refractivity contribution in [3.8, 4) is 11.8 Å². The number of ether oxygens (including phenoxy) is 1. The first-order chi connectivity index (χ1) is 13.8. The standard InChI is InChI=1S/C24H21N3O/c1-2-3-14-28-23-13-12-17-8-4-5-9-19(17)20(23)15-18(16-25)24-26-21-10-6-7-11-22(21)27-24/h4-13,15H,2-3,14H2,1H3,(H,26,27)/b18-15+. The number of nitrogens with one attached hydrogen (secondary N) is 1. The Morgan fingerprint density at radius 1 is 1.11 bits per heavy atom. The van der Waals surface area contributed by atoms with Crippen molar-refractivity contribution in [1.82, 2.24) is 9.97 Å². The minimum Gasteiger partial charge on any atom is -0.493 e. The SMILES string of the molecule is CCCCOc1ccc2ccccc2c1/C=C(\C#N)c1nc2ccccc2[nH]1. The molecule has 0 radical (unpaired) electrons. The van der Waals surface area contributed by atoms with Crippen LogP contribution in [0.1, 0.15) is 31.2 Å². The van der Waals surface area contributed by atoms with Crippen molar-refractivity contribution < 1.29 is 4.74 Å². The summed E-state index contributed by atoms with van der Waals surface area (Å²) in [4.78, 5) is 7.82. The number of fused-ring (bicyclic) bond motifs is 2. The van der Waals surface area contributed by atoms with Gasteiger partial charge in [0.2, 0.25) is 0 Å². The highest BCUT2D eigenvalue weighted by atomic mass is 16.5. The molecule has 0 atom stereocenters. The highest BCUT2D eigenvalue weighted by Gasteiger charge is 2.12. The molecule has 0 amide bonds. The van der Waals surface area contributed by atoms with Crippen molar-refractivity contribution in [3.05, 3.63) is 72.1 Å². The van der Waals surface area contributed by atoms with Crippen LogP contribution in [0.15, 0.2) is 60.7 Å². The molecule has 0 saturated heterocycles. The van der Waals surface area contributed by atoms with E-state index in [1.54, 1.807) is 0 Å². The molecule has 0 bridgehead atoms. The third kappa shape index (κ3) is 3.47. The van der Waals surface area contributed by atoms with Gasteiger partial charge in [-0.05, 0) is 41.5 Å². The number of unbranched alkanes of at least 4 members (excludes halogenated alkanes) is 1. The van der Waals surface area contributed by atoms with Gasteiger partial charge in [0.1, 0.15) is 17.6 Å². The highest BCUT2D eigenvalue weighted by Crippen LogP contribution is 2.32. The molecule has 0 unspecified atom stereocenters. The van der Waals surface area contributed by atoms with E-state index >= 15 is 0 Å². The highest BCUT2D eigenvalue weighted by molar-refractivity contribution is 6.00. The Morgan fingerprint density at radius 3 is 2.75 bits per heavy atom. The lowest BCUT2D eigenvalue weighted by Crippen LogP contribution is -1.99. The molecule has 0 aliphatic heterocycles. The predicted molar refractivity (Wildman–Crippen MR) is 114 cm³/mol. The maximum absolute atomic E-state index is 9.82. The summed E-state index contributed by atoms with van der Waals surface area (Å²) in [5, 5.41) is 12.0. The molecule has 0 fully saturated rings. The van der Waals surface area contributed by atoms with Gasteiger partial charge in [-0.3, -0.25) is 0 Å². The summed E-state index contributed by atoms with van der Waals surface area (Å²) in [7, 11) is 0. The van der Waals surface area contributed by atoms with Crippen LogP contribution in [0.2, 0.25) is 0 Å². The second kappa shape index (κ2) is 7.98. The molecule has 1 aromatic heterocycles. The van der Waals surface area contributed by atoms with Crippen molar-refractivity contribution in [1.29, 1.82) is 5.26 Å². The number of para-hydroxylation sites is 2. The van der Waals surface area contributed by atoms with E-state index < -0.39 is 0 Å². The van der Waals surface area contributed by atoms with Crippen LogP contribution in [0, 0.1) is 11.3 Å². The van der Waals surface area contributed by atoms with Crippen LogP contribution in [0.4, 0.5) is 0 Å². The zero-order valence-electron chi connectivity index (χ0n) is 15.8. The van der Waals surface area contributed by atoms with Crippen molar-refractivity contribution in [2.75, 3.05) is 6.61 Å². The number of rotatable bonds is 6.